The van der Waals surface area contributed by atoms with E-state index >= 15 is 0 Å². The lowest BCUT2D eigenvalue weighted by molar-refractivity contribution is -1.02. The summed E-state index contributed by atoms with van der Waals surface area (Å²) in [6.45, 7) is 2.15. The zero-order valence-electron chi connectivity index (χ0n) is 17.8. The SMILES string of the molecule is COC1(c2ccccc2)N2C(=O)[N+](C)(N1CON)C2(C)c1ccc2c(c1)CCCC2. The van der Waals surface area contributed by atoms with Gasteiger partial charge in [-0.2, -0.15) is 4.90 Å². The van der Waals surface area contributed by atoms with Crippen molar-refractivity contribution >= 4 is 6.03 Å². The molecule has 1 aliphatic carbocycles. The van der Waals surface area contributed by atoms with Crippen LogP contribution in [0.4, 0.5) is 4.79 Å². The Kier molecular flexibility index (Phi) is 4.33. The van der Waals surface area contributed by atoms with Gasteiger partial charge in [-0.3, -0.25) is 4.84 Å². The normalized spacial score (nSPS) is 32.8. The summed E-state index contributed by atoms with van der Waals surface area (Å²) in [4.78, 5) is 20.5. The average molecular weight is 410 g/mol. The van der Waals surface area contributed by atoms with Gasteiger partial charge in [-0.1, -0.05) is 47.5 Å². The molecule has 0 saturated carbocycles. The molecule has 4 aliphatic rings. The average Bonchev–Trinajstić information content (AvgIpc) is 3.11. The number of carbonyl (C=O) groups is 1. The van der Waals surface area contributed by atoms with Crippen molar-refractivity contribution in [3.05, 3.63) is 70.8 Å². The van der Waals surface area contributed by atoms with Crippen LogP contribution in [0.2, 0.25) is 0 Å². The van der Waals surface area contributed by atoms with Crippen molar-refractivity contribution < 1.29 is 19.0 Å². The minimum absolute atomic E-state index is 0.00568. The Morgan fingerprint density at radius 3 is 2.43 bits per heavy atom. The van der Waals surface area contributed by atoms with E-state index in [1.165, 1.54) is 24.0 Å². The maximum absolute atomic E-state index is 13.5. The van der Waals surface area contributed by atoms with Gasteiger partial charge in [0.15, 0.2) is 6.73 Å². The van der Waals surface area contributed by atoms with Crippen LogP contribution in [-0.4, -0.2) is 41.4 Å². The Bertz CT molecular complexity index is 999. The van der Waals surface area contributed by atoms with Crippen LogP contribution in [0.15, 0.2) is 48.5 Å². The number of hydrogen-bond donors (Lipinski definition) is 1. The first-order valence-corrected chi connectivity index (χ1v) is 10.5. The summed E-state index contributed by atoms with van der Waals surface area (Å²) in [6, 6.07) is 16.4. The Morgan fingerprint density at radius 1 is 1.07 bits per heavy atom. The van der Waals surface area contributed by atoms with E-state index in [4.69, 9.17) is 15.5 Å². The number of urea groups is 1. The molecular formula is C23H29N4O3+. The molecule has 7 heteroatoms. The summed E-state index contributed by atoms with van der Waals surface area (Å²) in [7, 11) is 3.55. The van der Waals surface area contributed by atoms with Gasteiger partial charge in [0.05, 0.1) is 7.05 Å². The van der Waals surface area contributed by atoms with E-state index in [-0.39, 0.29) is 17.4 Å². The molecule has 2 aromatic carbocycles. The van der Waals surface area contributed by atoms with E-state index in [1.807, 2.05) is 47.3 Å². The number of carbonyl (C=O) groups excluding carboxylic acids is 1. The minimum Gasteiger partial charge on any atom is -0.338 e. The Morgan fingerprint density at radius 2 is 1.77 bits per heavy atom. The van der Waals surface area contributed by atoms with Gasteiger partial charge in [0.25, 0.3) is 5.85 Å². The van der Waals surface area contributed by atoms with Crippen molar-refractivity contribution in [3.63, 3.8) is 0 Å². The predicted octanol–water partition coefficient (Wildman–Crippen LogP) is 3.16. The lowest BCUT2D eigenvalue weighted by Crippen LogP contribution is -2.78. The number of aryl methyl sites for hydroxylation is 2. The first kappa shape index (κ1) is 19.7. The smallest absolute Gasteiger partial charge is 0.338 e. The van der Waals surface area contributed by atoms with Gasteiger partial charge in [-0.15, -0.1) is 4.59 Å². The largest absolute Gasteiger partial charge is 0.450 e. The van der Waals surface area contributed by atoms with Crippen molar-refractivity contribution in [2.75, 3.05) is 20.9 Å². The summed E-state index contributed by atoms with van der Waals surface area (Å²) in [6.07, 6.45) is 4.66. The van der Waals surface area contributed by atoms with Crippen LogP contribution in [-0.2, 0) is 33.9 Å². The maximum atomic E-state index is 13.5. The van der Waals surface area contributed by atoms with Gasteiger partial charge in [-0.05, 0) is 42.9 Å². The Balaban J connectivity index is 1.71. The predicted molar refractivity (Wildman–Crippen MR) is 111 cm³/mol. The lowest BCUT2D eigenvalue weighted by atomic mass is 9.85. The molecule has 3 unspecified atom stereocenters. The Labute approximate surface area is 177 Å². The van der Waals surface area contributed by atoms with E-state index in [2.05, 4.69) is 25.1 Å². The number of quaternary nitrogens is 1. The monoisotopic (exact) mass is 409 g/mol. The van der Waals surface area contributed by atoms with Gasteiger partial charge in [-0.25, -0.2) is 10.7 Å². The standard InChI is InChI=1S/C23H29N4O3/c1-22(20-14-13-17-9-7-8-10-18(17)15-20)26-21(28)27(22,2)25(16-30-24)23(26,29-3)19-11-5-4-6-12-19/h4-6,11-15H,7-10,16,24H2,1-3H3/q+1. The topological polar surface area (TPSA) is 68.0 Å². The molecule has 2 bridgehead atoms. The van der Waals surface area contributed by atoms with Gasteiger partial charge in [0, 0.05) is 25.2 Å². The second-order valence-electron chi connectivity index (χ2n) is 8.66. The summed E-state index contributed by atoms with van der Waals surface area (Å²) in [5.41, 5.74) is 4.12. The van der Waals surface area contributed by atoms with Gasteiger partial charge in [0.1, 0.15) is 0 Å². The zero-order chi connectivity index (χ0) is 21.1. The highest BCUT2D eigenvalue weighted by Gasteiger charge is 2.89. The first-order chi connectivity index (χ1) is 14.5. The quantitative estimate of drug-likeness (QED) is 0.607. The molecule has 3 heterocycles. The number of nitrogens with two attached hydrogens (primary N) is 1. The third kappa shape index (κ3) is 2.09. The number of rotatable bonds is 5. The molecule has 3 atom stereocenters. The third-order valence-electron chi connectivity index (χ3n) is 7.51. The molecule has 0 radical (unpaired) electrons. The molecule has 3 saturated heterocycles. The van der Waals surface area contributed by atoms with Crippen molar-refractivity contribution in [2.24, 2.45) is 5.90 Å². The van der Waals surface area contributed by atoms with Gasteiger partial charge >= 0.3 is 6.03 Å². The molecule has 2 N–H and O–H groups in total. The fourth-order valence-electron chi connectivity index (χ4n) is 5.80. The van der Waals surface area contributed by atoms with Crippen molar-refractivity contribution in [3.8, 4) is 0 Å². The van der Waals surface area contributed by atoms with E-state index < -0.39 is 11.5 Å². The van der Waals surface area contributed by atoms with Crippen LogP contribution in [0.3, 0.4) is 0 Å². The number of amides is 2. The van der Waals surface area contributed by atoms with Crippen LogP contribution in [0.25, 0.3) is 0 Å². The van der Waals surface area contributed by atoms with Crippen LogP contribution >= 0.6 is 0 Å². The second kappa shape index (κ2) is 6.60. The number of fused-ring (bicyclic) bond motifs is 2. The van der Waals surface area contributed by atoms with Crippen molar-refractivity contribution in [1.82, 2.24) is 9.91 Å². The zero-order valence-corrected chi connectivity index (χ0v) is 17.8. The minimum atomic E-state index is -1.11. The molecule has 7 nitrogen and oxygen atoms in total. The summed E-state index contributed by atoms with van der Waals surface area (Å²) in [5.74, 6) is 4.41. The van der Waals surface area contributed by atoms with E-state index in [0.717, 1.165) is 24.0 Å². The van der Waals surface area contributed by atoms with Crippen LogP contribution < -0.4 is 5.90 Å². The first-order valence-electron chi connectivity index (χ1n) is 10.5. The molecule has 2 amide bonds. The lowest BCUT2D eigenvalue weighted by Gasteiger charge is -2.52. The van der Waals surface area contributed by atoms with Crippen molar-refractivity contribution in [2.45, 2.75) is 44.1 Å². The Hall–Kier alpha value is -2.29. The molecule has 0 aromatic heterocycles. The summed E-state index contributed by atoms with van der Waals surface area (Å²) >= 11 is 0. The van der Waals surface area contributed by atoms with Gasteiger partial charge < -0.3 is 4.74 Å². The van der Waals surface area contributed by atoms with Crippen LogP contribution in [0.1, 0.15) is 42.0 Å². The number of hydrogen-bond acceptors (Lipinski definition) is 5. The summed E-state index contributed by atoms with van der Waals surface area (Å²) < 4.78 is 6.15. The molecule has 6 rings (SSSR count). The van der Waals surface area contributed by atoms with E-state index in [9.17, 15) is 4.79 Å². The molecule has 158 valence electrons. The highest BCUT2D eigenvalue weighted by molar-refractivity contribution is 5.77. The summed E-state index contributed by atoms with van der Waals surface area (Å²) in [5, 5.41) is 1.89. The molecular weight excluding hydrogens is 380 g/mol. The van der Waals surface area contributed by atoms with Crippen LogP contribution in [0, 0.1) is 0 Å². The molecule has 3 aliphatic heterocycles. The number of nitrogens with zero attached hydrogens (tertiary/aromatic N) is 3. The van der Waals surface area contributed by atoms with E-state index in [0.29, 0.717) is 0 Å². The highest BCUT2D eigenvalue weighted by Crippen LogP contribution is 2.64. The molecule has 0 spiro atoms. The maximum Gasteiger partial charge on any atom is 0.450 e. The van der Waals surface area contributed by atoms with Gasteiger partial charge in [0.2, 0.25) is 5.66 Å². The molecule has 30 heavy (non-hydrogen) atoms. The number of benzene rings is 2. The fraction of sp³-hybridized carbons (Fsp3) is 0.435. The second-order valence-corrected chi connectivity index (χ2v) is 8.66. The van der Waals surface area contributed by atoms with Crippen molar-refractivity contribution in [1.29, 1.82) is 0 Å². The third-order valence-corrected chi connectivity index (χ3v) is 7.51. The molecule has 2 aromatic rings. The fourth-order valence-corrected chi connectivity index (χ4v) is 5.80. The molecule has 3 fully saturated rings. The van der Waals surface area contributed by atoms with Crippen LogP contribution in [0.5, 0.6) is 0 Å². The number of ether oxygens (including phenoxy) is 1. The highest BCUT2D eigenvalue weighted by atomic mass is 16.6. The van der Waals surface area contributed by atoms with E-state index in [1.54, 1.807) is 7.11 Å². The number of methoxy groups -OCH3 is 1.